The van der Waals surface area contributed by atoms with E-state index in [1.807, 2.05) is 19.9 Å². The maximum absolute atomic E-state index is 13.2. The molecule has 4 nitrogen and oxygen atoms in total. The Hall–Kier alpha value is -2.24. The molecule has 0 spiro atoms. The van der Waals surface area contributed by atoms with Crippen LogP contribution in [0.5, 0.6) is 0 Å². The first-order chi connectivity index (χ1) is 11.5. The van der Waals surface area contributed by atoms with Crippen molar-refractivity contribution in [2.24, 2.45) is 0 Å². The minimum atomic E-state index is -0.739. The minimum absolute atomic E-state index is 0.124. The van der Waals surface area contributed by atoms with Crippen LogP contribution in [0.1, 0.15) is 22.8 Å². The van der Waals surface area contributed by atoms with Gasteiger partial charge in [0.25, 0.3) is 5.91 Å². The normalized spacial score (nSPS) is 12.0. The summed E-state index contributed by atoms with van der Waals surface area (Å²) in [4.78, 5) is 12.2. The highest BCUT2D eigenvalue weighted by Gasteiger charge is 2.11. The van der Waals surface area contributed by atoms with Gasteiger partial charge in [0.1, 0.15) is 5.82 Å². The second-order valence-corrected chi connectivity index (χ2v) is 5.56. The molecule has 0 fully saturated rings. The second-order valence-electron chi connectivity index (χ2n) is 5.56. The number of halogens is 1. The third-order valence-electron chi connectivity index (χ3n) is 3.64. The number of aliphatic hydroxyl groups is 1. The predicted octanol–water partition coefficient (Wildman–Crippen LogP) is 2.93. The zero-order chi connectivity index (χ0) is 17.5. The molecule has 0 unspecified atom stereocenters. The molecule has 0 aliphatic rings. The molecule has 2 aromatic rings. The number of rotatable bonds is 7. The van der Waals surface area contributed by atoms with Crippen molar-refractivity contribution < 1.29 is 19.0 Å². The molecule has 2 aromatic carbocycles. The number of carbonyl (C=O) groups excluding carboxylic acids is 1. The van der Waals surface area contributed by atoms with Crippen LogP contribution in [0, 0.1) is 12.7 Å². The van der Waals surface area contributed by atoms with Crippen molar-refractivity contribution in [2.75, 3.05) is 19.8 Å². The molecule has 0 bridgehead atoms. The Balaban J connectivity index is 2.08. The topological polar surface area (TPSA) is 58.6 Å². The van der Waals surface area contributed by atoms with E-state index >= 15 is 0 Å². The number of ether oxygens (including phenoxy) is 1. The Kier molecular flexibility index (Phi) is 6.46. The number of hydrogen-bond donors (Lipinski definition) is 2. The SMILES string of the molecule is CCOC[C@H](O)CNC(=O)c1cccc(-c2ccc(F)cc2C)c1. The number of aryl methyl sites for hydroxylation is 1. The molecule has 5 heteroatoms. The lowest BCUT2D eigenvalue weighted by Gasteiger charge is -2.12. The Morgan fingerprint density at radius 1 is 1.29 bits per heavy atom. The van der Waals surface area contributed by atoms with Crippen LogP contribution in [0.3, 0.4) is 0 Å². The van der Waals surface area contributed by atoms with Gasteiger partial charge in [-0.15, -0.1) is 0 Å². The van der Waals surface area contributed by atoms with E-state index in [1.165, 1.54) is 12.1 Å². The largest absolute Gasteiger partial charge is 0.389 e. The number of carbonyl (C=O) groups is 1. The zero-order valence-electron chi connectivity index (χ0n) is 13.9. The van der Waals surface area contributed by atoms with Crippen molar-refractivity contribution >= 4 is 5.91 Å². The van der Waals surface area contributed by atoms with Crippen LogP contribution in [0.4, 0.5) is 4.39 Å². The molecule has 0 radical (unpaired) electrons. The molecule has 0 saturated heterocycles. The van der Waals surface area contributed by atoms with E-state index in [4.69, 9.17) is 4.74 Å². The van der Waals surface area contributed by atoms with Crippen LogP contribution in [-0.2, 0) is 4.74 Å². The van der Waals surface area contributed by atoms with E-state index in [0.717, 1.165) is 16.7 Å². The summed E-state index contributed by atoms with van der Waals surface area (Å²) in [6.45, 7) is 4.50. The molecule has 1 atom stereocenters. The molecular weight excluding hydrogens is 309 g/mol. The van der Waals surface area contributed by atoms with Crippen LogP contribution in [-0.4, -0.2) is 36.9 Å². The van der Waals surface area contributed by atoms with Crippen molar-refractivity contribution in [2.45, 2.75) is 20.0 Å². The summed E-state index contributed by atoms with van der Waals surface area (Å²) < 4.78 is 18.3. The molecule has 24 heavy (non-hydrogen) atoms. The molecule has 0 aliphatic heterocycles. The number of nitrogens with one attached hydrogen (secondary N) is 1. The quantitative estimate of drug-likeness (QED) is 0.820. The van der Waals surface area contributed by atoms with Gasteiger partial charge >= 0.3 is 0 Å². The van der Waals surface area contributed by atoms with Crippen LogP contribution < -0.4 is 5.32 Å². The van der Waals surface area contributed by atoms with Crippen LogP contribution in [0.25, 0.3) is 11.1 Å². The van der Waals surface area contributed by atoms with Crippen molar-refractivity contribution in [3.05, 3.63) is 59.4 Å². The van der Waals surface area contributed by atoms with Crippen LogP contribution in [0.15, 0.2) is 42.5 Å². The lowest BCUT2D eigenvalue weighted by atomic mass is 9.98. The Bertz CT molecular complexity index is 703. The van der Waals surface area contributed by atoms with Crippen LogP contribution >= 0.6 is 0 Å². The van der Waals surface area contributed by atoms with E-state index in [0.29, 0.717) is 12.2 Å². The molecule has 2 N–H and O–H groups in total. The van der Waals surface area contributed by atoms with E-state index in [1.54, 1.807) is 24.3 Å². The van der Waals surface area contributed by atoms with Crippen LogP contribution in [0.2, 0.25) is 0 Å². The first-order valence-electron chi connectivity index (χ1n) is 7.92. The number of amides is 1. The van der Waals surface area contributed by atoms with Gasteiger partial charge in [0.15, 0.2) is 0 Å². The first-order valence-corrected chi connectivity index (χ1v) is 7.92. The fraction of sp³-hybridized carbons (Fsp3) is 0.316. The molecule has 0 aliphatic carbocycles. The lowest BCUT2D eigenvalue weighted by Crippen LogP contribution is -2.34. The predicted molar refractivity (Wildman–Crippen MR) is 91.4 cm³/mol. The monoisotopic (exact) mass is 331 g/mol. The summed E-state index contributed by atoms with van der Waals surface area (Å²) in [6.07, 6.45) is -0.739. The maximum Gasteiger partial charge on any atom is 0.251 e. The average molecular weight is 331 g/mol. The molecule has 0 aromatic heterocycles. The molecule has 0 saturated carbocycles. The lowest BCUT2D eigenvalue weighted by molar-refractivity contribution is 0.0418. The van der Waals surface area contributed by atoms with Gasteiger partial charge in [-0.1, -0.05) is 18.2 Å². The van der Waals surface area contributed by atoms with Gasteiger partial charge in [0.05, 0.1) is 12.7 Å². The number of benzene rings is 2. The third-order valence-corrected chi connectivity index (χ3v) is 3.64. The van der Waals surface area contributed by atoms with Gasteiger partial charge in [-0.25, -0.2) is 4.39 Å². The summed E-state index contributed by atoms with van der Waals surface area (Å²) in [6, 6.07) is 11.7. The zero-order valence-corrected chi connectivity index (χ0v) is 13.9. The standard InChI is InChI=1S/C19H22FNO3/c1-3-24-12-17(22)11-21-19(23)15-6-4-5-14(10-15)18-8-7-16(20)9-13(18)2/h4-10,17,22H,3,11-12H2,1-2H3,(H,21,23)/t17-/m1/s1. The summed E-state index contributed by atoms with van der Waals surface area (Å²) in [7, 11) is 0. The number of hydrogen-bond acceptors (Lipinski definition) is 3. The molecule has 128 valence electrons. The molecule has 0 heterocycles. The van der Waals surface area contributed by atoms with Gasteiger partial charge in [0.2, 0.25) is 0 Å². The van der Waals surface area contributed by atoms with E-state index in [9.17, 15) is 14.3 Å². The van der Waals surface area contributed by atoms with Gasteiger partial charge in [-0.3, -0.25) is 4.79 Å². The van der Waals surface area contributed by atoms with Crippen molar-refractivity contribution in [1.29, 1.82) is 0 Å². The van der Waals surface area contributed by atoms with Gasteiger partial charge < -0.3 is 15.2 Å². The Labute approximate surface area is 141 Å². The second kappa shape index (κ2) is 8.57. The smallest absolute Gasteiger partial charge is 0.251 e. The van der Waals surface area contributed by atoms with Crippen molar-refractivity contribution in [3.63, 3.8) is 0 Å². The summed E-state index contributed by atoms with van der Waals surface area (Å²) in [5.74, 6) is -0.555. The first kappa shape index (κ1) is 18.1. The highest BCUT2D eigenvalue weighted by molar-refractivity contribution is 5.95. The van der Waals surface area contributed by atoms with E-state index in [2.05, 4.69) is 5.32 Å². The van der Waals surface area contributed by atoms with Gasteiger partial charge in [-0.2, -0.15) is 0 Å². The highest BCUT2D eigenvalue weighted by atomic mass is 19.1. The molecule has 1 amide bonds. The fourth-order valence-electron chi connectivity index (χ4n) is 2.40. The van der Waals surface area contributed by atoms with E-state index < -0.39 is 6.10 Å². The minimum Gasteiger partial charge on any atom is -0.389 e. The van der Waals surface area contributed by atoms with Crippen molar-refractivity contribution in [1.82, 2.24) is 5.32 Å². The highest BCUT2D eigenvalue weighted by Crippen LogP contribution is 2.24. The average Bonchev–Trinajstić information content (AvgIpc) is 2.58. The Morgan fingerprint density at radius 2 is 2.08 bits per heavy atom. The Morgan fingerprint density at radius 3 is 2.79 bits per heavy atom. The summed E-state index contributed by atoms with van der Waals surface area (Å²) in [5, 5.41) is 12.4. The summed E-state index contributed by atoms with van der Waals surface area (Å²) >= 11 is 0. The number of aliphatic hydroxyl groups excluding tert-OH is 1. The summed E-state index contributed by atoms with van der Waals surface area (Å²) in [5.41, 5.74) is 3.01. The molecule has 2 rings (SSSR count). The third kappa shape index (κ3) is 4.88. The van der Waals surface area contributed by atoms with E-state index in [-0.39, 0.29) is 24.9 Å². The van der Waals surface area contributed by atoms with Crippen molar-refractivity contribution in [3.8, 4) is 11.1 Å². The van der Waals surface area contributed by atoms with Gasteiger partial charge in [-0.05, 0) is 54.8 Å². The van der Waals surface area contributed by atoms with Gasteiger partial charge in [0, 0.05) is 18.7 Å². The molecular formula is C19H22FNO3. The maximum atomic E-state index is 13.2. The fourth-order valence-corrected chi connectivity index (χ4v) is 2.40.